The molecule has 0 spiro atoms. The molecule has 3 atom stereocenters. The van der Waals surface area contributed by atoms with Crippen LogP contribution in [0.4, 0.5) is 0 Å². The van der Waals surface area contributed by atoms with Crippen molar-refractivity contribution in [3.63, 3.8) is 0 Å². The number of amides is 2. The predicted octanol–water partition coefficient (Wildman–Crippen LogP) is 1.16. The number of carbonyl (C=O) groups excluding carboxylic acids is 2. The third kappa shape index (κ3) is 10.7. The highest BCUT2D eigenvalue weighted by Crippen LogP contribution is 2.08. The van der Waals surface area contributed by atoms with Gasteiger partial charge in [-0.25, -0.2) is 0 Å². The van der Waals surface area contributed by atoms with E-state index in [2.05, 4.69) is 17.6 Å². The van der Waals surface area contributed by atoms with Crippen molar-refractivity contribution < 1.29 is 19.5 Å². The van der Waals surface area contributed by atoms with Crippen molar-refractivity contribution in [1.82, 2.24) is 10.6 Å². The molecule has 0 fully saturated rings. The van der Waals surface area contributed by atoms with Crippen molar-refractivity contribution in [2.45, 2.75) is 83.8 Å². The molecule has 0 saturated heterocycles. The Labute approximate surface area is 138 Å². The van der Waals surface area contributed by atoms with E-state index in [-0.39, 0.29) is 11.9 Å². The van der Waals surface area contributed by atoms with Gasteiger partial charge in [-0.15, -0.1) is 0 Å². The second-order valence-corrected chi connectivity index (χ2v) is 6.01. The van der Waals surface area contributed by atoms with E-state index in [4.69, 9.17) is 10.8 Å². The number of carboxylic acids is 1. The lowest BCUT2D eigenvalue weighted by Gasteiger charge is -2.16. The minimum atomic E-state index is -1.11. The molecule has 7 heteroatoms. The molecule has 0 aliphatic carbocycles. The number of aliphatic carboxylic acids is 1. The lowest BCUT2D eigenvalue weighted by molar-refractivity contribution is -0.141. The second-order valence-electron chi connectivity index (χ2n) is 6.01. The van der Waals surface area contributed by atoms with Crippen LogP contribution in [-0.2, 0) is 14.4 Å². The van der Waals surface area contributed by atoms with E-state index in [0.717, 1.165) is 38.5 Å². The molecule has 2 amide bonds. The molecule has 134 valence electrons. The molecule has 5 N–H and O–H groups in total. The average molecular weight is 329 g/mol. The standard InChI is InChI=1S/C16H31N3O4/c1-4-5-8-13(17)9-6-7-10-14(20)18-11(2)15(21)19-12(3)16(22)23/h11-13H,4-10,17H2,1-3H3,(H,18,20)(H,19,21)(H,22,23)/t11-,12-,13?/m1/s1. The minimum Gasteiger partial charge on any atom is -0.480 e. The summed E-state index contributed by atoms with van der Waals surface area (Å²) < 4.78 is 0. The van der Waals surface area contributed by atoms with Crippen LogP contribution < -0.4 is 16.4 Å². The zero-order chi connectivity index (χ0) is 17.8. The van der Waals surface area contributed by atoms with Gasteiger partial charge >= 0.3 is 5.97 Å². The summed E-state index contributed by atoms with van der Waals surface area (Å²) in [6, 6.07) is -1.54. The lowest BCUT2D eigenvalue weighted by Crippen LogP contribution is -2.49. The quantitative estimate of drug-likeness (QED) is 0.400. The van der Waals surface area contributed by atoms with E-state index in [0.29, 0.717) is 6.42 Å². The van der Waals surface area contributed by atoms with Crippen molar-refractivity contribution in [3.05, 3.63) is 0 Å². The summed E-state index contributed by atoms with van der Waals surface area (Å²) in [4.78, 5) is 34.1. The first-order chi connectivity index (χ1) is 10.8. The van der Waals surface area contributed by atoms with Crippen LogP contribution >= 0.6 is 0 Å². The van der Waals surface area contributed by atoms with Crippen LogP contribution in [0.25, 0.3) is 0 Å². The van der Waals surface area contributed by atoms with E-state index >= 15 is 0 Å². The number of carbonyl (C=O) groups is 3. The fraction of sp³-hybridized carbons (Fsp3) is 0.812. The molecule has 23 heavy (non-hydrogen) atoms. The predicted molar refractivity (Wildman–Crippen MR) is 88.8 cm³/mol. The molecular formula is C16H31N3O4. The molecule has 0 bridgehead atoms. The number of nitrogens with two attached hydrogens (primary N) is 1. The first-order valence-corrected chi connectivity index (χ1v) is 8.36. The third-order valence-electron chi connectivity index (χ3n) is 3.66. The zero-order valence-corrected chi connectivity index (χ0v) is 14.4. The highest BCUT2D eigenvalue weighted by atomic mass is 16.4. The Hall–Kier alpha value is -1.63. The molecule has 0 aromatic rings. The minimum absolute atomic E-state index is 0.195. The van der Waals surface area contributed by atoms with Crippen molar-refractivity contribution in [2.75, 3.05) is 0 Å². The third-order valence-corrected chi connectivity index (χ3v) is 3.66. The Kier molecular flexibility index (Phi) is 11.0. The Morgan fingerprint density at radius 2 is 1.61 bits per heavy atom. The summed E-state index contributed by atoms with van der Waals surface area (Å²) in [5.41, 5.74) is 5.97. The van der Waals surface area contributed by atoms with Crippen molar-refractivity contribution in [3.8, 4) is 0 Å². The number of nitrogens with one attached hydrogen (secondary N) is 2. The topological polar surface area (TPSA) is 122 Å². The second kappa shape index (κ2) is 11.9. The molecule has 0 aliphatic heterocycles. The maximum atomic E-state index is 11.8. The summed E-state index contributed by atoms with van der Waals surface area (Å²) in [5, 5.41) is 13.6. The van der Waals surface area contributed by atoms with Gasteiger partial charge in [0.15, 0.2) is 0 Å². The first kappa shape index (κ1) is 21.4. The lowest BCUT2D eigenvalue weighted by atomic mass is 10.0. The van der Waals surface area contributed by atoms with E-state index in [1.807, 2.05) is 0 Å². The van der Waals surface area contributed by atoms with Crippen LogP contribution in [0.5, 0.6) is 0 Å². The van der Waals surface area contributed by atoms with Gasteiger partial charge in [-0.1, -0.05) is 26.2 Å². The summed E-state index contributed by atoms with van der Waals surface area (Å²) in [6.07, 6.45) is 6.13. The Morgan fingerprint density at radius 1 is 1.00 bits per heavy atom. The number of carboxylic acid groups (broad SMARTS) is 1. The largest absolute Gasteiger partial charge is 0.480 e. The van der Waals surface area contributed by atoms with Gasteiger partial charge in [-0.05, 0) is 33.1 Å². The zero-order valence-electron chi connectivity index (χ0n) is 14.4. The molecule has 0 aromatic carbocycles. The molecule has 0 rings (SSSR count). The van der Waals surface area contributed by atoms with Crippen LogP contribution in [0.1, 0.15) is 65.7 Å². The summed E-state index contributed by atoms with van der Waals surface area (Å²) in [5.74, 6) is -1.83. The normalized spacial score (nSPS) is 14.6. The van der Waals surface area contributed by atoms with E-state index in [9.17, 15) is 14.4 Å². The van der Waals surface area contributed by atoms with Gasteiger partial charge < -0.3 is 21.5 Å². The summed E-state index contributed by atoms with van der Waals surface area (Å²) >= 11 is 0. The van der Waals surface area contributed by atoms with E-state index in [1.165, 1.54) is 13.8 Å². The number of unbranched alkanes of at least 4 members (excludes halogenated alkanes) is 2. The highest BCUT2D eigenvalue weighted by molar-refractivity contribution is 5.89. The van der Waals surface area contributed by atoms with E-state index < -0.39 is 24.0 Å². The Balaban J connectivity index is 3.88. The van der Waals surface area contributed by atoms with Gasteiger partial charge in [-0.2, -0.15) is 0 Å². The van der Waals surface area contributed by atoms with Gasteiger partial charge in [0.05, 0.1) is 0 Å². The number of hydrogen-bond donors (Lipinski definition) is 4. The van der Waals surface area contributed by atoms with Crippen molar-refractivity contribution in [2.24, 2.45) is 5.73 Å². The van der Waals surface area contributed by atoms with Gasteiger partial charge in [-0.3, -0.25) is 14.4 Å². The van der Waals surface area contributed by atoms with Gasteiger partial charge in [0.25, 0.3) is 0 Å². The molecule has 0 radical (unpaired) electrons. The Bertz CT molecular complexity index is 388. The highest BCUT2D eigenvalue weighted by Gasteiger charge is 2.20. The monoisotopic (exact) mass is 329 g/mol. The maximum Gasteiger partial charge on any atom is 0.325 e. The Morgan fingerprint density at radius 3 is 2.17 bits per heavy atom. The summed E-state index contributed by atoms with van der Waals surface area (Å²) in [7, 11) is 0. The average Bonchev–Trinajstić information content (AvgIpc) is 2.49. The van der Waals surface area contributed by atoms with Crippen LogP contribution in [0, 0.1) is 0 Å². The molecule has 0 heterocycles. The van der Waals surface area contributed by atoms with Crippen LogP contribution in [0.15, 0.2) is 0 Å². The molecule has 0 aromatic heterocycles. The van der Waals surface area contributed by atoms with Crippen molar-refractivity contribution >= 4 is 17.8 Å². The summed E-state index contributed by atoms with van der Waals surface area (Å²) in [6.45, 7) is 5.03. The van der Waals surface area contributed by atoms with Gasteiger partial charge in [0.2, 0.25) is 11.8 Å². The van der Waals surface area contributed by atoms with E-state index in [1.54, 1.807) is 0 Å². The van der Waals surface area contributed by atoms with Gasteiger partial charge in [0.1, 0.15) is 12.1 Å². The van der Waals surface area contributed by atoms with Crippen LogP contribution in [0.2, 0.25) is 0 Å². The van der Waals surface area contributed by atoms with Crippen LogP contribution in [-0.4, -0.2) is 41.0 Å². The fourth-order valence-electron chi connectivity index (χ4n) is 2.08. The number of rotatable bonds is 12. The molecule has 7 nitrogen and oxygen atoms in total. The smallest absolute Gasteiger partial charge is 0.325 e. The molecular weight excluding hydrogens is 298 g/mol. The molecule has 0 aliphatic rings. The first-order valence-electron chi connectivity index (χ1n) is 8.36. The van der Waals surface area contributed by atoms with Gasteiger partial charge in [0, 0.05) is 12.5 Å². The SMILES string of the molecule is CCCCC(N)CCCCC(=O)N[C@H](C)C(=O)N[C@H](C)C(=O)O. The van der Waals surface area contributed by atoms with Crippen LogP contribution in [0.3, 0.4) is 0 Å². The number of hydrogen-bond acceptors (Lipinski definition) is 4. The molecule has 1 unspecified atom stereocenters. The van der Waals surface area contributed by atoms with Crippen molar-refractivity contribution in [1.29, 1.82) is 0 Å². The fourth-order valence-corrected chi connectivity index (χ4v) is 2.08. The maximum absolute atomic E-state index is 11.8. The molecule has 0 saturated carbocycles.